The SMILES string of the molecule is CCCCC(NC(=O)N(CC)CC(C)C#N)C(=O)O. The van der Waals surface area contributed by atoms with Crippen LogP contribution in [0.5, 0.6) is 0 Å². The summed E-state index contributed by atoms with van der Waals surface area (Å²) >= 11 is 0. The van der Waals surface area contributed by atoms with E-state index in [9.17, 15) is 9.59 Å². The van der Waals surface area contributed by atoms with Gasteiger partial charge in [-0.05, 0) is 20.3 Å². The Kier molecular flexibility index (Phi) is 8.34. The average Bonchev–Trinajstić information content (AvgIpc) is 2.39. The zero-order valence-corrected chi connectivity index (χ0v) is 11.8. The number of carboxylic acids is 1. The molecule has 0 aromatic heterocycles. The number of urea groups is 1. The van der Waals surface area contributed by atoms with Crippen LogP contribution < -0.4 is 5.32 Å². The number of unbranched alkanes of at least 4 members (excludes halogenated alkanes) is 1. The molecule has 0 radical (unpaired) electrons. The molecule has 2 atom stereocenters. The van der Waals surface area contributed by atoms with Gasteiger partial charge in [0.25, 0.3) is 0 Å². The zero-order chi connectivity index (χ0) is 14.8. The molecule has 0 aliphatic carbocycles. The van der Waals surface area contributed by atoms with E-state index in [1.807, 2.05) is 6.92 Å². The summed E-state index contributed by atoms with van der Waals surface area (Å²) in [6.45, 7) is 6.23. The highest BCUT2D eigenvalue weighted by atomic mass is 16.4. The normalized spacial score (nSPS) is 13.2. The third kappa shape index (κ3) is 6.65. The Hall–Kier alpha value is -1.77. The first-order chi connectivity index (χ1) is 8.96. The summed E-state index contributed by atoms with van der Waals surface area (Å²) < 4.78 is 0. The van der Waals surface area contributed by atoms with Crippen molar-refractivity contribution in [2.45, 2.75) is 46.1 Å². The van der Waals surface area contributed by atoms with E-state index in [1.54, 1.807) is 13.8 Å². The van der Waals surface area contributed by atoms with Crippen molar-refractivity contribution >= 4 is 12.0 Å². The van der Waals surface area contributed by atoms with E-state index in [-0.39, 0.29) is 5.92 Å². The van der Waals surface area contributed by atoms with Crippen molar-refractivity contribution in [1.29, 1.82) is 5.26 Å². The Bertz CT molecular complexity index is 339. The summed E-state index contributed by atoms with van der Waals surface area (Å²) in [5.74, 6) is -1.30. The molecule has 6 nitrogen and oxygen atoms in total. The lowest BCUT2D eigenvalue weighted by atomic mass is 10.1. The van der Waals surface area contributed by atoms with E-state index in [0.29, 0.717) is 19.5 Å². The maximum Gasteiger partial charge on any atom is 0.326 e. The second-order valence-electron chi connectivity index (χ2n) is 4.55. The van der Waals surface area contributed by atoms with Gasteiger partial charge in [-0.3, -0.25) is 0 Å². The number of nitriles is 1. The van der Waals surface area contributed by atoms with Gasteiger partial charge in [0.05, 0.1) is 12.0 Å². The fourth-order valence-corrected chi connectivity index (χ4v) is 1.63. The molecule has 108 valence electrons. The minimum Gasteiger partial charge on any atom is -0.480 e. The van der Waals surface area contributed by atoms with E-state index in [1.165, 1.54) is 4.90 Å². The van der Waals surface area contributed by atoms with E-state index >= 15 is 0 Å². The zero-order valence-electron chi connectivity index (χ0n) is 11.8. The predicted octanol–water partition coefficient (Wildman–Crippen LogP) is 1.82. The van der Waals surface area contributed by atoms with Crippen LogP contribution in [0.15, 0.2) is 0 Å². The van der Waals surface area contributed by atoms with Gasteiger partial charge in [-0.25, -0.2) is 9.59 Å². The van der Waals surface area contributed by atoms with Crippen LogP contribution in [0.1, 0.15) is 40.0 Å². The van der Waals surface area contributed by atoms with Gasteiger partial charge in [0.2, 0.25) is 0 Å². The third-order valence-corrected chi connectivity index (χ3v) is 2.83. The quantitative estimate of drug-likeness (QED) is 0.702. The van der Waals surface area contributed by atoms with Crippen LogP contribution in [0.2, 0.25) is 0 Å². The van der Waals surface area contributed by atoms with Crippen molar-refractivity contribution in [3.63, 3.8) is 0 Å². The van der Waals surface area contributed by atoms with Crippen molar-refractivity contribution in [2.24, 2.45) is 5.92 Å². The summed E-state index contributed by atoms with van der Waals surface area (Å²) in [5.41, 5.74) is 0. The molecule has 0 aliphatic heterocycles. The first-order valence-electron chi connectivity index (χ1n) is 6.64. The first-order valence-corrected chi connectivity index (χ1v) is 6.64. The van der Waals surface area contributed by atoms with Crippen molar-refractivity contribution in [3.05, 3.63) is 0 Å². The number of nitrogens with one attached hydrogen (secondary N) is 1. The summed E-state index contributed by atoms with van der Waals surface area (Å²) in [6, 6.07) is 0.772. The highest BCUT2D eigenvalue weighted by Gasteiger charge is 2.22. The van der Waals surface area contributed by atoms with Crippen LogP contribution in [-0.2, 0) is 4.79 Å². The lowest BCUT2D eigenvalue weighted by Gasteiger charge is -2.24. The average molecular weight is 269 g/mol. The number of aliphatic carboxylic acids is 1. The third-order valence-electron chi connectivity index (χ3n) is 2.83. The molecule has 0 fully saturated rings. The molecule has 0 rings (SSSR count). The monoisotopic (exact) mass is 269 g/mol. The molecule has 0 saturated carbocycles. The second-order valence-corrected chi connectivity index (χ2v) is 4.55. The van der Waals surface area contributed by atoms with E-state index in [4.69, 9.17) is 10.4 Å². The van der Waals surface area contributed by atoms with Crippen molar-refractivity contribution in [3.8, 4) is 6.07 Å². The fourth-order valence-electron chi connectivity index (χ4n) is 1.63. The lowest BCUT2D eigenvalue weighted by molar-refractivity contribution is -0.139. The number of rotatable bonds is 8. The molecule has 0 bridgehead atoms. The van der Waals surface area contributed by atoms with E-state index in [0.717, 1.165) is 12.8 Å². The number of carbonyl (C=O) groups is 2. The number of carboxylic acid groups (broad SMARTS) is 1. The Labute approximate surface area is 114 Å². The molecule has 2 amide bonds. The molecule has 0 spiro atoms. The maximum atomic E-state index is 11.9. The lowest BCUT2D eigenvalue weighted by Crippen LogP contribution is -2.48. The van der Waals surface area contributed by atoms with Gasteiger partial charge in [0, 0.05) is 13.1 Å². The van der Waals surface area contributed by atoms with Crippen LogP contribution >= 0.6 is 0 Å². The predicted molar refractivity (Wildman–Crippen MR) is 71.5 cm³/mol. The maximum absolute atomic E-state index is 11.9. The molecular weight excluding hydrogens is 246 g/mol. The highest BCUT2D eigenvalue weighted by Crippen LogP contribution is 2.04. The van der Waals surface area contributed by atoms with E-state index in [2.05, 4.69) is 11.4 Å². The number of carbonyl (C=O) groups excluding carboxylic acids is 1. The summed E-state index contributed by atoms with van der Waals surface area (Å²) in [7, 11) is 0. The Morgan fingerprint density at radius 1 is 1.42 bits per heavy atom. The van der Waals surface area contributed by atoms with Crippen molar-refractivity contribution < 1.29 is 14.7 Å². The number of nitrogens with zero attached hydrogens (tertiary/aromatic N) is 2. The summed E-state index contributed by atoms with van der Waals surface area (Å²) in [6.07, 6.45) is 2.05. The second kappa shape index (κ2) is 9.20. The molecule has 6 heteroatoms. The van der Waals surface area contributed by atoms with Gasteiger partial charge >= 0.3 is 12.0 Å². The van der Waals surface area contributed by atoms with E-state index < -0.39 is 18.0 Å². The van der Waals surface area contributed by atoms with Crippen molar-refractivity contribution in [1.82, 2.24) is 10.2 Å². The fraction of sp³-hybridized carbons (Fsp3) is 0.769. The minimum absolute atomic E-state index is 0.274. The molecular formula is C13H23N3O3. The van der Waals surface area contributed by atoms with Crippen LogP contribution in [0, 0.1) is 17.2 Å². The number of amides is 2. The van der Waals surface area contributed by atoms with Crippen LogP contribution in [-0.4, -0.2) is 41.1 Å². The van der Waals surface area contributed by atoms with Crippen LogP contribution in [0.25, 0.3) is 0 Å². The van der Waals surface area contributed by atoms with Gasteiger partial charge in [0.1, 0.15) is 6.04 Å². The molecule has 0 heterocycles. The van der Waals surface area contributed by atoms with Gasteiger partial charge in [-0.1, -0.05) is 19.8 Å². The minimum atomic E-state index is -1.02. The van der Waals surface area contributed by atoms with Gasteiger partial charge < -0.3 is 15.3 Å². The highest BCUT2D eigenvalue weighted by molar-refractivity contribution is 5.82. The topological polar surface area (TPSA) is 93.4 Å². The molecule has 0 aromatic carbocycles. The Balaban J connectivity index is 4.51. The Morgan fingerprint density at radius 2 is 2.05 bits per heavy atom. The molecule has 2 unspecified atom stereocenters. The summed E-state index contributed by atoms with van der Waals surface area (Å²) in [4.78, 5) is 24.4. The smallest absolute Gasteiger partial charge is 0.326 e. The molecule has 0 aromatic rings. The van der Waals surface area contributed by atoms with Gasteiger partial charge in [-0.15, -0.1) is 0 Å². The largest absolute Gasteiger partial charge is 0.480 e. The van der Waals surface area contributed by atoms with Crippen LogP contribution in [0.4, 0.5) is 4.79 Å². The van der Waals surface area contributed by atoms with Crippen molar-refractivity contribution in [2.75, 3.05) is 13.1 Å². The molecule has 0 aliphatic rings. The molecule has 2 N–H and O–H groups in total. The first kappa shape index (κ1) is 17.2. The number of hydrogen-bond acceptors (Lipinski definition) is 3. The van der Waals surface area contributed by atoms with Gasteiger partial charge in [-0.2, -0.15) is 5.26 Å². The Morgan fingerprint density at radius 3 is 2.47 bits per heavy atom. The van der Waals surface area contributed by atoms with Crippen LogP contribution in [0.3, 0.4) is 0 Å². The number of hydrogen-bond donors (Lipinski definition) is 2. The van der Waals surface area contributed by atoms with Gasteiger partial charge in [0.15, 0.2) is 0 Å². The molecule has 19 heavy (non-hydrogen) atoms. The summed E-state index contributed by atoms with van der Waals surface area (Å²) in [5, 5.41) is 20.3. The molecule has 0 saturated heterocycles. The standard InChI is InChI=1S/C13H23N3O3/c1-4-6-7-11(12(17)18)15-13(19)16(5-2)9-10(3)8-14/h10-11H,4-7,9H2,1-3H3,(H,15,19)(H,17,18).